The number of piperidine rings is 1. The molecular weight excluding hydrogens is 248 g/mol. The molecule has 1 unspecified atom stereocenters. The zero-order chi connectivity index (χ0) is 13.0. The van der Waals surface area contributed by atoms with E-state index in [2.05, 4.69) is 22.2 Å². The molecule has 3 N–H and O–H groups in total. The number of nitrogen functional groups attached to an aromatic ring is 1. The van der Waals surface area contributed by atoms with Crippen molar-refractivity contribution in [1.29, 1.82) is 0 Å². The van der Waals surface area contributed by atoms with Crippen LogP contribution in [0, 0.1) is 0 Å². The highest BCUT2D eigenvalue weighted by Crippen LogP contribution is 2.22. The number of hydrazine groups is 1. The van der Waals surface area contributed by atoms with Crippen LogP contribution in [-0.4, -0.2) is 28.4 Å². The minimum atomic E-state index is -0.308. The highest BCUT2D eigenvalue weighted by molar-refractivity contribution is 7.11. The fourth-order valence-electron chi connectivity index (χ4n) is 2.48. The summed E-state index contributed by atoms with van der Waals surface area (Å²) in [6, 6.07) is 0.659. The van der Waals surface area contributed by atoms with Gasteiger partial charge in [0.25, 0.3) is 5.91 Å². The first-order valence-corrected chi connectivity index (χ1v) is 7.32. The van der Waals surface area contributed by atoms with Crippen molar-refractivity contribution in [3.8, 4) is 0 Å². The monoisotopic (exact) mass is 268 g/mol. The van der Waals surface area contributed by atoms with Crippen molar-refractivity contribution in [2.24, 2.45) is 5.84 Å². The van der Waals surface area contributed by atoms with E-state index in [0.29, 0.717) is 11.0 Å². The topological polar surface area (TPSA) is 71.2 Å². The number of nitrogens with zero attached hydrogens (tertiary/aromatic N) is 2. The van der Waals surface area contributed by atoms with Gasteiger partial charge in [0.05, 0.1) is 5.69 Å². The molecule has 6 heteroatoms. The number of aromatic nitrogens is 1. The van der Waals surface area contributed by atoms with E-state index in [1.54, 1.807) is 0 Å². The van der Waals surface area contributed by atoms with Crippen LogP contribution in [0.1, 0.15) is 48.1 Å². The minimum absolute atomic E-state index is 0.308. The van der Waals surface area contributed by atoms with Gasteiger partial charge < -0.3 is 0 Å². The molecule has 1 fully saturated rings. The lowest BCUT2D eigenvalue weighted by molar-refractivity contribution is 0.0952. The summed E-state index contributed by atoms with van der Waals surface area (Å²) in [6.45, 7) is 4.21. The lowest BCUT2D eigenvalue weighted by Crippen LogP contribution is -2.38. The zero-order valence-electron chi connectivity index (χ0n) is 10.7. The summed E-state index contributed by atoms with van der Waals surface area (Å²) in [6.07, 6.45) is 5.04. The second-order valence-electron chi connectivity index (χ2n) is 4.65. The van der Waals surface area contributed by atoms with E-state index >= 15 is 0 Å². The number of thiazole rings is 1. The van der Waals surface area contributed by atoms with Gasteiger partial charge in [0.15, 0.2) is 5.01 Å². The number of hydrogen-bond acceptors (Lipinski definition) is 5. The normalized spacial score (nSPS) is 20.9. The first-order chi connectivity index (χ1) is 8.74. The molecule has 0 spiro atoms. The Hall–Kier alpha value is -0.980. The average Bonchev–Trinajstić information content (AvgIpc) is 2.87. The van der Waals surface area contributed by atoms with Crippen LogP contribution in [0.2, 0.25) is 0 Å². The molecule has 100 valence electrons. The third-order valence-corrected chi connectivity index (χ3v) is 4.35. The number of hydrogen-bond donors (Lipinski definition) is 2. The Morgan fingerprint density at radius 1 is 1.67 bits per heavy atom. The number of rotatable bonds is 4. The smallest absolute Gasteiger partial charge is 0.294 e. The van der Waals surface area contributed by atoms with Gasteiger partial charge in [-0.1, -0.05) is 13.3 Å². The van der Waals surface area contributed by atoms with Gasteiger partial charge in [-0.05, 0) is 25.8 Å². The molecule has 0 aromatic carbocycles. The molecule has 0 saturated carbocycles. The Labute approximate surface area is 111 Å². The number of amides is 1. The minimum Gasteiger partial charge on any atom is -0.295 e. The van der Waals surface area contributed by atoms with E-state index in [1.165, 1.54) is 37.0 Å². The predicted octanol–water partition coefficient (Wildman–Crippen LogP) is 1.51. The van der Waals surface area contributed by atoms with Gasteiger partial charge >= 0.3 is 0 Å². The number of nitrogens with two attached hydrogens (primary N) is 1. The first-order valence-electron chi connectivity index (χ1n) is 6.44. The third-order valence-electron chi connectivity index (χ3n) is 3.46. The van der Waals surface area contributed by atoms with Gasteiger partial charge in [-0.15, -0.1) is 11.3 Å². The molecule has 0 aliphatic carbocycles. The van der Waals surface area contributed by atoms with Gasteiger partial charge in [-0.2, -0.15) is 0 Å². The standard InChI is InChI=1S/C12H20N4OS/c1-2-10-5-3-4-6-16(10)7-9-8-18-12(14-9)11(17)15-13/h8,10H,2-7,13H2,1H3,(H,15,17). The van der Waals surface area contributed by atoms with Gasteiger partial charge in [0.2, 0.25) is 0 Å². The summed E-state index contributed by atoms with van der Waals surface area (Å²) in [5.74, 6) is 4.79. The maximum Gasteiger partial charge on any atom is 0.294 e. The van der Waals surface area contributed by atoms with Crippen LogP contribution >= 0.6 is 11.3 Å². The van der Waals surface area contributed by atoms with Crippen molar-refractivity contribution in [1.82, 2.24) is 15.3 Å². The maximum absolute atomic E-state index is 11.3. The van der Waals surface area contributed by atoms with Crippen molar-refractivity contribution >= 4 is 17.2 Å². The summed E-state index contributed by atoms with van der Waals surface area (Å²) in [7, 11) is 0. The number of carbonyl (C=O) groups is 1. The fourth-order valence-corrected chi connectivity index (χ4v) is 3.20. The summed E-state index contributed by atoms with van der Waals surface area (Å²) in [4.78, 5) is 18.1. The van der Waals surface area contributed by atoms with Gasteiger partial charge in [-0.3, -0.25) is 15.1 Å². The largest absolute Gasteiger partial charge is 0.295 e. The van der Waals surface area contributed by atoms with Gasteiger partial charge in [0, 0.05) is 18.0 Å². The fraction of sp³-hybridized carbons (Fsp3) is 0.667. The molecule has 0 bridgehead atoms. The molecule has 1 saturated heterocycles. The van der Waals surface area contributed by atoms with Gasteiger partial charge in [0.1, 0.15) is 0 Å². The van der Waals surface area contributed by atoms with Crippen molar-refractivity contribution in [3.05, 3.63) is 16.1 Å². The lowest BCUT2D eigenvalue weighted by atomic mass is 10.00. The third kappa shape index (κ3) is 3.07. The highest BCUT2D eigenvalue weighted by atomic mass is 32.1. The zero-order valence-corrected chi connectivity index (χ0v) is 11.5. The molecule has 1 aromatic rings. The summed E-state index contributed by atoms with van der Waals surface area (Å²) < 4.78 is 0. The first kappa shape index (κ1) is 13.5. The molecule has 2 rings (SSSR count). The molecule has 5 nitrogen and oxygen atoms in total. The van der Waals surface area contributed by atoms with Crippen molar-refractivity contribution < 1.29 is 4.79 Å². The maximum atomic E-state index is 11.3. The van der Waals surface area contributed by atoms with E-state index in [9.17, 15) is 4.79 Å². The Balaban J connectivity index is 1.99. The number of carbonyl (C=O) groups excluding carboxylic acids is 1. The summed E-state index contributed by atoms with van der Waals surface area (Å²) in [5, 5.41) is 2.39. The van der Waals surface area contributed by atoms with E-state index in [1.807, 2.05) is 5.38 Å². The van der Waals surface area contributed by atoms with E-state index in [-0.39, 0.29) is 5.91 Å². The average molecular weight is 268 g/mol. The SMILES string of the molecule is CCC1CCCCN1Cc1csc(C(=O)NN)n1. The quantitative estimate of drug-likeness (QED) is 0.493. The molecule has 2 heterocycles. The molecule has 1 amide bonds. The molecular formula is C12H20N4OS. The van der Waals surface area contributed by atoms with Crippen LogP contribution in [0.15, 0.2) is 5.38 Å². The number of nitrogens with one attached hydrogen (secondary N) is 1. The van der Waals surface area contributed by atoms with Crippen LogP contribution in [-0.2, 0) is 6.54 Å². The van der Waals surface area contributed by atoms with Crippen molar-refractivity contribution in [2.45, 2.75) is 45.2 Å². The van der Waals surface area contributed by atoms with Crippen molar-refractivity contribution in [3.63, 3.8) is 0 Å². The van der Waals surface area contributed by atoms with E-state index < -0.39 is 0 Å². The Morgan fingerprint density at radius 3 is 3.22 bits per heavy atom. The predicted molar refractivity (Wildman–Crippen MR) is 72.1 cm³/mol. The molecule has 1 atom stereocenters. The molecule has 0 radical (unpaired) electrons. The lowest BCUT2D eigenvalue weighted by Gasteiger charge is -2.34. The van der Waals surface area contributed by atoms with Crippen LogP contribution in [0.3, 0.4) is 0 Å². The highest BCUT2D eigenvalue weighted by Gasteiger charge is 2.21. The van der Waals surface area contributed by atoms with E-state index in [0.717, 1.165) is 18.8 Å². The van der Waals surface area contributed by atoms with E-state index in [4.69, 9.17) is 5.84 Å². The van der Waals surface area contributed by atoms with Crippen LogP contribution in [0.5, 0.6) is 0 Å². The Morgan fingerprint density at radius 2 is 2.50 bits per heavy atom. The Bertz CT molecular complexity index is 407. The van der Waals surface area contributed by atoms with Crippen molar-refractivity contribution in [2.75, 3.05) is 6.54 Å². The second-order valence-corrected chi connectivity index (χ2v) is 5.50. The second kappa shape index (κ2) is 6.26. The van der Waals surface area contributed by atoms with Crippen LogP contribution < -0.4 is 11.3 Å². The molecule has 1 aliphatic heterocycles. The summed E-state index contributed by atoms with van der Waals surface area (Å²) in [5.41, 5.74) is 3.08. The van der Waals surface area contributed by atoms with Crippen LogP contribution in [0.4, 0.5) is 0 Å². The summed E-state index contributed by atoms with van der Waals surface area (Å²) >= 11 is 1.35. The number of likely N-dealkylation sites (tertiary alicyclic amines) is 1. The van der Waals surface area contributed by atoms with Crippen LogP contribution in [0.25, 0.3) is 0 Å². The Kier molecular flexibility index (Phi) is 4.68. The van der Waals surface area contributed by atoms with Gasteiger partial charge in [-0.25, -0.2) is 10.8 Å². The molecule has 1 aromatic heterocycles. The molecule has 18 heavy (non-hydrogen) atoms. The molecule has 1 aliphatic rings.